The third-order valence-electron chi connectivity index (χ3n) is 1.34. The molecule has 2 aromatic heterocycles. The predicted octanol–water partition coefficient (Wildman–Crippen LogP) is 2.77. The van der Waals surface area contributed by atoms with E-state index < -0.39 is 0 Å². The maximum atomic E-state index is 4.18. The van der Waals surface area contributed by atoms with E-state index in [1.807, 2.05) is 33.6 Å². The fraction of sp³-hybridized carbons (Fsp3) is 0. The Balaban J connectivity index is 2.45. The van der Waals surface area contributed by atoms with Gasteiger partial charge >= 0.3 is 0 Å². The van der Waals surface area contributed by atoms with Crippen LogP contribution in [0.5, 0.6) is 0 Å². The zero-order valence-corrected chi connectivity index (χ0v) is 7.97. The van der Waals surface area contributed by atoms with Crippen LogP contribution in [0.25, 0.3) is 10.6 Å². The van der Waals surface area contributed by atoms with Crippen LogP contribution in [0.2, 0.25) is 0 Å². The van der Waals surface area contributed by atoms with E-state index in [-0.39, 0.29) is 0 Å². The first-order chi connectivity index (χ1) is 5.36. The van der Waals surface area contributed by atoms with Gasteiger partial charge in [0, 0.05) is 29.5 Å². The molecule has 0 saturated heterocycles. The van der Waals surface area contributed by atoms with Crippen molar-refractivity contribution < 1.29 is 0 Å². The molecule has 0 atom stereocenters. The van der Waals surface area contributed by atoms with Gasteiger partial charge in [-0.2, -0.15) is 0 Å². The molecule has 0 bridgehead atoms. The maximum absolute atomic E-state index is 4.18. The van der Waals surface area contributed by atoms with E-state index in [9.17, 15) is 0 Å². The first kappa shape index (κ1) is 7.06. The van der Waals surface area contributed by atoms with Crippen LogP contribution in [0.4, 0.5) is 0 Å². The third kappa shape index (κ3) is 1.36. The lowest BCUT2D eigenvalue weighted by Crippen LogP contribution is -1.69. The summed E-state index contributed by atoms with van der Waals surface area (Å²) in [7, 11) is 0. The molecule has 0 aliphatic heterocycles. The highest BCUT2D eigenvalue weighted by atomic mass is 79.9. The SMILES string of the molecule is Brn1ccc(-c2nccs2)c1. The average Bonchev–Trinajstić information content (AvgIpc) is 2.55. The molecule has 2 rings (SSSR count). The number of thiazole rings is 1. The highest BCUT2D eigenvalue weighted by Gasteiger charge is 1.99. The summed E-state index contributed by atoms with van der Waals surface area (Å²) in [5.74, 6) is 0. The Bertz CT molecular complexity index is 339. The van der Waals surface area contributed by atoms with Gasteiger partial charge in [-0.1, -0.05) is 0 Å². The van der Waals surface area contributed by atoms with Crippen molar-refractivity contribution in [2.24, 2.45) is 0 Å². The minimum absolute atomic E-state index is 1.06. The van der Waals surface area contributed by atoms with E-state index in [0.717, 1.165) is 10.6 Å². The normalized spacial score (nSPS) is 10.3. The van der Waals surface area contributed by atoms with Gasteiger partial charge in [0.15, 0.2) is 0 Å². The van der Waals surface area contributed by atoms with E-state index in [4.69, 9.17) is 0 Å². The zero-order chi connectivity index (χ0) is 7.68. The predicted molar refractivity (Wildman–Crippen MR) is 49.9 cm³/mol. The second-order valence-electron chi connectivity index (χ2n) is 2.08. The molecule has 4 heteroatoms. The largest absolute Gasteiger partial charge is 0.291 e. The fourth-order valence-corrected chi connectivity index (χ4v) is 1.83. The van der Waals surface area contributed by atoms with Gasteiger partial charge in [-0.15, -0.1) is 11.3 Å². The van der Waals surface area contributed by atoms with Crippen LogP contribution in [0.1, 0.15) is 0 Å². The third-order valence-corrected chi connectivity index (χ3v) is 2.60. The minimum Gasteiger partial charge on any atom is -0.291 e. The Kier molecular flexibility index (Phi) is 1.79. The van der Waals surface area contributed by atoms with Crippen molar-refractivity contribution >= 4 is 27.5 Å². The maximum Gasteiger partial charge on any atom is 0.124 e. The Morgan fingerprint density at radius 1 is 1.55 bits per heavy atom. The monoisotopic (exact) mass is 228 g/mol. The molecule has 0 saturated carbocycles. The molecule has 0 aromatic carbocycles. The summed E-state index contributed by atoms with van der Waals surface area (Å²) >= 11 is 4.96. The van der Waals surface area contributed by atoms with Gasteiger partial charge < -0.3 is 0 Å². The van der Waals surface area contributed by atoms with Crippen LogP contribution in [-0.4, -0.2) is 8.58 Å². The van der Waals surface area contributed by atoms with Gasteiger partial charge in [-0.25, -0.2) is 4.98 Å². The molecular formula is C7H5BrN2S. The molecule has 0 fully saturated rings. The first-order valence-electron chi connectivity index (χ1n) is 3.10. The Morgan fingerprint density at radius 3 is 3.00 bits per heavy atom. The van der Waals surface area contributed by atoms with Crippen LogP contribution in [0, 0.1) is 0 Å². The molecule has 0 amide bonds. The summed E-state index contributed by atoms with van der Waals surface area (Å²) in [6.45, 7) is 0. The van der Waals surface area contributed by atoms with Crippen LogP contribution in [0.3, 0.4) is 0 Å². The van der Waals surface area contributed by atoms with Gasteiger partial charge in [0.05, 0.1) is 16.1 Å². The number of nitrogens with zero attached hydrogens (tertiary/aromatic N) is 2. The van der Waals surface area contributed by atoms with Crippen molar-refractivity contribution in [3.8, 4) is 10.6 Å². The number of hydrogen-bond acceptors (Lipinski definition) is 2. The lowest BCUT2D eigenvalue weighted by Gasteiger charge is -1.85. The molecule has 0 N–H and O–H groups in total. The van der Waals surface area contributed by atoms with E-state index in [0.29, 0.717) is 0 Å². The standard InChI is InChI=1S/C7H5BrN2S/c8-10-3-1-6(5-10)7-9-2-4-11-7/h1-5H. The minimum atomic E-state index is 1.06. The molecule has 56 valence electrons. The lowest BCUT2D eigenvalue weighted by molar-refractivity contribution is 1.32. The van der Waals surface area contributed by atoms with Crippen molar-refractivity contribution in [3.63, 3.8) is 0 Å². The summed E-state index contributed by atoms with van der Waals surface area (Å²) in [5.41, 5.74) is 1.15. The van der Waals surface area contributed by atoms with Crippen LogP contribution in [-0.2, 0) is 0 Å². The molecule has 0 aliphatic rings. The van der Waals surface area contributed by atoms with Gasteiger partial charge in [0.2, 0.25) is 0 Å². The first-order valence-corrected chi connectivity index (χ1v) is 4.69. The molecule has 0 unspecified atom stereocenters. The summed E-state index contributed by atoms with van der Waals surface area (Å²) < 4.78 is 1.84. The molecular weight excluding hydrogens is 224 g/mol. The Morgan fingerprint density at radius 2 is 2.45 bits per heavy atom. The average molecular weight is 229 g/mol. The Labute approximate surface area is 76.8 Å². The van der Waals surface area contributed by atoms with Gasteiger partial charge in [-0.05, 0) is 6.07 Å². The van der Waals surface area contributed by atoms with Gasteiger partial charge in [0.1, 0.15) is 5.01 Å². The topological polar surface area (TPSA) is 17.8 Å². The molecule has 0 radical (unpaired) electrons. The Hall–Kier alpha value is -0.610. The summed E-state index contributed by atoms with van der Waals surface area (Å²) in [6, 6.07) is 2.02. The van der Waals surface area contributed by atoms with Crippen molar-refractivity contribution in [1.82, 2.24) is 8.58 Å². The van der Waals surface area contributed by atoms with Crippen LogP contribution in [0.15, 0.2) is 30.0 Å². The van der Waals surface area contributed by atoms with Crippen LogP contribution >= 0.6 is 27.5 Å². The van der Waals surface area contributed by atoms with Crippen LogP contribution < -0.4 is 0 Å². The highest BCUT2D eigenvalue weighted by molar-refractivity contribution is 9.08. The fourth-order valence-electron chi connectivity index (χ4n) is 0.863. The molecule has 2 nitrogen and oxygen atoms in total. The molecule has 0 aliphatic carbocycles. The van der Waals surface area contributed by atoms with Crippen molar-refractivity contribution in [2.45, 2.75) is 0 Å². The second-order valence-corrected chi connectivity index (χ2v) is 3.80. The number of hydrogen-bond donors (Lipinski definition) is 0. The molecule has 11 heavy (non-hydrogen) atoms. The summed E-state index contributed by atoms with van der Waals surface area (Å²) in [6.07, 6.45) is 5.74. The second kappa shape index (κ2) is 2.79. The smallest absolute Gasteiger partial charge is 0.124 e. The summed E-state index contributed by atoms with van der Waals surface area (Å²) in [5, 5.41) is 3.03. The van der Waals surface area contributed by atoms with Crippen molar-refractivity contribution in [3.05, 3.63) is 30.0 Å². The molecule has 2 heterocycles. The lowest BCUT2D eigenvalue weighted by atomic mass is 10.4. The molecule has 2 aromatic rings. The van der Waals surface area contributed by atoms with Gasteiger partial charge in [-0.3, -0.25) is 3.59 Å². The quantitative estimate of drug-likeness (QED) is 0.735. The van der Waals surface area contributed by atoms with E-state index in [1.54, 1.807) is 11.3 Å². The number of halogens is 1. The number of rotatable bonds is 1. The van der Waals surface area contributed by atoms with Crippen molar-refractivity contribution in [1.29, 1.82) is 0 Å². The number of aromatic nitrogens is 2. The van der Waals surface area contributed by atoms with E-state index >= 15 is 0 Å². The molecule has 0 spiro atoms. The van der Waals surface area contributed by atoms with Crippen molar-refractivity contribution in [2.75, 3.05) is 0 Å². The zero-order valence-electron chi connectivity index (χ0n) is 5.57. The highest BCUT2D eigenvalue weighted by Crippen LogP contribution is 2.22. The van der Waals surface area contributed by atoms with E-state index in [1.165, 1.54) is 0 Å². The summed E-state index contributed by atoms with van der Waals surface area (Å²) in [4.78, 5) is 4.18. The van der Waals surface area contributed by atoms with E-state index in [2.05, 4.69) is 21.1 Å². The van der Waals surface area contributed by atoms with Gasteiger partial charge in [0.25, 0.3) is 0 Å².